The van der Waals surface area contributed by atoms with Gasteiger partial charge >= 0.3 is 0 Å². The van der Waals surface area contributed by atoms with Crippen molar-refractivity contribution in [3.63, 3.8) is 0 Å². The van der Waals surface area contributed by atoms with E-state index < -0.39 is 0 Å². The quantitative estimate of drug-likeness (QED) is 0.710. The normalized spacial score (nSPS) is 25.6. The van der Waals surface area contributed by atoms with E-state index in [1.165, 1.54) is 18.6 Å². The Morgan fingerprint density at radius 2 is 2.14 bits per heavy atom. The molecule has 0 aromatic heterocycles. The van der Waals surface area contributed by atoms with Crippen molar-refractivity contribution in [2.24, 2.45) is 5.92 Å². The first-order valence-corrected chi connectivity index (χ1v) is 4.98. The van der Waals surface area contributed by atoms with Crippen molar-refractivity contribution < 1.29 is 4.39 Å². The Labute approximate surface area is 83.3 Å². The number of benzene rings is 1. The van der Waals surface area contributed by atoms with E-state index in [0.717, 1.165) is 12.1 Å². The van der Waals surface area contributed by atoms with Crippen molar-refractivity contribution in [3.05, 3.63) is 24.0 Å². The predicted molar refractivity (Wildman–Crippen MR) is 56.6 cm³/mol. The van der Waals surface area contributed by atoms with Crippen molar-refractivity contribution >= 4 is 11.4 Å². The van der Waals surface area contributed by atoms with Crippen molar-refractivity contribution in [2.45, 2.75) is 25.8 Å². The second-order valence-electron chi connectivity index (χ2n) is 4.08. The zero-order chi connectivity index (χ0) is 10.1. The van der Waals surface area contributed by atoms with Gasteiger partial charge in [0.25, 0.3) is 0 Å². The molecule has 0 amide bonds. The van der Waals surface area contributed by atoms with Crippen LogP contribution in [0.25, 0.3) is 0 Å². The maximum absolute atomic E-state index is 13.0. The molecule has 1 aromatic carbocycles. The SMILES string of the molecule is CC1CCC1Nc1cc(N)cc(F)c1. The van der Waals surface area contributed by atoms with E-state index >= 15 is 0 Å². The Morgan fingerprint density at radius 1 is 1.36 bits per heavy atom. The summed E-state index contributed by atoms with van der Waals surface area (Å²) in [4.78, 5) is 0. The van der Waals surface area contributed by atoms with E-state index in [0.29, 0.717) is 17.6 Å². The molecule has 3 N–H and O–H groups in total. The number of nitrogens with two attached hydrogens (primary N) is 1. The Kier molecular flexibility index (Phi) is 2.32. The lowest BCUT2D eigenvalue weighted by Crippen LogP contribution is -2.36. The molecule has 2 atom stereocenters. The maximum atomic E-state index is 13.0. The number of halogens is 1. The molecule has 0 bridgehead atoms. The number of anilines is 2. The monoisotopic (exact) mass is 194 g/mol. The van der Waals surface area contributed by atoms with Crippen molar-refractivity contribution in [1.82, 2.24) is 0 Å². The number of hydrogen-bond acceptors (Lipinski definition) is 2. The summed E-state index contributed by atoms with van der Waals surface area (Å²) in [6.45, 7) is 2.20. The van der Waals surface area contributed by atoms with Crippen LogP contribution >= 0.6 is 0 Å². The van der Waals surface area contributed by atoms with Crippen LogP contribution in [0.5, 0.6) is 0 Å². The van der Waals surface area contributed by atoms with Gasteiger partial charge in [-0.2, -0.15) is 0 Å². The van der Waals surface area contributed by atoms with Crippen LogP contribution in [0, 0.1) is 11.7 Å². The molecule has 2 nitrogen and oxygen atoms in total. The number of rotatable bonds is 2. The van der Waals surface area contributed by atoms with Gasteiger partial charge in [0, 0.05) is 17.4 Å². The van der Waals surface area contributed by atoms with Gasteiger partial charge in [0.1, 0.15) is 5.82 Å². The van der Waals surface area contributed by atoms with E-state index in [4.69, 9.17) is 5.73 Å². The van der Waals surface area contributed by atoms with E-state index in [1.807, 2.05) is 0 Å². The lowest BCUT2D eigenvalue weighted by molar-refractivity contribution is 0.303. The van der Waals surface area contributed by atoms with Crippen molar-refractivity contribution in [3.8, 4) is 0 Å². The highest BCUT2D eigenvalue weighted by atomic mass is 19.1. The molecular weight excluding hydrogens is 179 g/mol. The van der Waals surface area contributed by atoms with Gasteiger partial charge in [0.05, 0.1) is 0 Å². The Balaban J connectivity index is 2.08. The fourth-order valence-electron chi connectivity index (χ4n) is 1.79. The average molecular weight is 194 g/mol. The molecule has 2 unspecified atom stereocenters. The molecule has 1 aliphatic rings. The van der Waals surface area contributed by atoms with Crippen molar-refractivity contribution in [2.75, 3.05) is 11.1 Å². The summed E-state index contributed by atoms with van der Waals surface area (Å²) in [5.41, 5.74) is 6.81. The van der Waals surface area contributed by atoms with Crippen LogP contribution in [0.15, 0.2) is 18.2 Å². The number of nitrogens with one attached hydrogen (secondary N) is 1. The molecule has 1 aromatic rings. The molecule has 1 saturated carbocycles. The molecule has 0 saturated heterocycles. The predicted octanol–water partition coefficient (Wildman–Crippen LogP) is 2.62. The second kappa shape index (κ2) is 3.48. The van der Waals surface area contributed by atoms with E-state index in [9.17, 15) is 4.39 Å². The topological polar surface area (TPSA) is 38.0 Å². The van der Waals surface area contributed by atoms with Crippen molar-refractivity contribution in [1.29, 1.82) is 0 Å². The zero-order valence-corrected chi connectivity index (χ0v) is 8.26. The molecule has 0 radical (unpaired) electrons. The van der Waals surface area contributed by atoms with Gasteiger partial charge in [-0.05, 0) is 37.0 Å². The minimum Gasteiger partial charge on any atom is -0.399 e. The van der Waals surface area contributed by atoms with Crippen LogP contribution in [0.4, 0.5) is 15.8 Å². The average Bonchev–Trinajstić information content (AvgIpc) is 2.10. The fourth-order valence-corrected chi connectivity index (χ4v) is 1.79. The molecule has 0 aliphatic heterocycles. The summed E-state index contributed by atoms with van der Waals surface area (Å²) in [6.07, 6.45) is 2.42. The fraction of sp³-hybridized carbons (Fsp3) is 0.455. The largest absolute Gasteiger partial charge is 0.399 e. The van der Waals surface area contributed by atoms with Crippen LogP contribution in [0.2, 0.25) is 0 Å². The van der Waals surface area contributed by atoms with Gasteiger partial charge in [0.15, 0.2) is 0 Å². The van der Waals surface area contributed by atoms with Gasteiger partial charge in [-0.3, -0.25) is 0 Å². The standard InChI is InChI=1S/C11H15FN2/c1-7-2-3-11(7)14-10-5-8(12)4-9(13)6-10/h4-7,11,14H,2-3,13H2,1H3. The van der Waals surface area contributed by atoms with Crippen LogP contribution in [0.1, 0.15) is 19.8 Å². The van der Waals surface area contributed by atoms with Gasteiger partial charge in [-0.1, -0.05) is 6.92 Å². The second-order valence-corrected chi connectivity index (χ2v) is 4.08. The van der Waals surface area contributed by atoms with Crippen LogP contribution < -0.4 is 11.1 Å². The number of nitrogen functional groups attached to an aromatic ring is 1. The van der Waals surface area contributed by atoms with Gasteiger partial charge < -0.3 is 11.1 Å². The lowest BCUT2D eigenvalue weighted by Gasteiger charge is -2.35. The van der Waals surface area contributed by atoms with Crippen LogP contribution in [-0.4, -0.2) is 6.04 Å². The molecule has 76 valence electrons. The first kappa shape index (κ1) is 9.31. The van der Waals surface area contributed by atoms with E-state index in [-0.39, 0.29) is 5.82 Å². The Hall–Kier alpha value is -1.25. The summed E-state index contributed by atoms with van der Waals surface area (Å²) in [5.74, 6) is 0.402. The summed E-state index contributed by atoms with van der Waals surface area (Å²) < 4.78 is 13.0. The minimum absolute atomic E-state index is 0.278. The highest BCUT2D eigenvalue weighted by molar-refractivity contribution is 5.55. The maximum Gasteiger partial charge on any atom is 0.127 e. The summed E-state index contributed by atoms with van der Waals surface area (Å²) in [5, 5.41) is 3.29. The molecule has 0 spiro atoms. The first-order chi connectivity index (χ1) is 6.65. The third kappa shape index (κ3) is 1.81. The molecule has 1 aliphatic carbocycles. The number of hydrogen-bond donors (Lipinski definition) is 2. The third-order valence-electron chi connectivity index (χ3n) is 2.89. The van der Waals surface area contributed by atoms with Gasteiger partial charge in [0.2, 0.25) is 0 Å². The smallest absolute Gasteiger partial charge is 0.127 e. The highest BCUT2D eigenvalue weighted by Crippen LogP contribution is 2.30. The Bertz CT molecular complexity index is 318. The summed E-state index contributed by atoms with van der Waals surface area (Å²) in [6, 6.07) is 5.07. The molecule has 1 fully saturated rings. The molecule has 0 heterocycles. The molecule has 3 heteroatoms. The third-order valence-corrected chi connectivity index (χ3v) is 2.89. The van der Waals surface area contributed by atoms with E-state index in [2.05, 4.69) is 12.2 Å². The van der Waals surface area contributed by atoms with Gasteiger partial charge in [-0.15, -0.1) is 0 Å². The highest BCUT2D eigenvalue weighted by Gasteiger charge is 2.26. The Morgan fingerprint density at radius 3 is 2.64 bits per heavy atom. The zero-order valence-electron chi connectivity index (χ0n) is 8.26. The molecule has 2 rings (SSSR count). The summed E-state index contributed by atoms with van der Waals surface area (Å²) in [7, 11) is 0. The minimum atomic E-state index is -0.278. The molecular formula is C11H15FN2. The van der Waals surface area contributed by atoms with E-state index in [1.54, 1.807) is 6.07 Å². The first-order valence-electron chi connectivity index (χ1n) is 4.98. The van der Waals surface area contributed by atoms with Gasteiger partial charge in [-0.25, -0.2) is 4.39 Å². The van der Waals surface area contributed by atoms with Crippen LogP contribution in [0.3, 0.4) is 0 Å². The van der Waals surface area contributed by atoms with Crippen LogP contribution in [-0.2, 0) is 0 Å². The summed E-state index contributed by atoms with van der Waals surface area (Å²) >= 11 is 0. The molecule has 14 heavy (non-hydrogen) atoms. The lowest BCUT2D eigenvalue weighted by atomic mass is 9.81.